The number of sulfone groups is 1. The van der Waals surface area contributed by atoms with Gasteiger partial charge in [0.15, 0.2) is 20.8 Å². The third-order valence-electron chi connectivity index (χ3n) is 5.02. The van der Waals surface area contributed by atoms with Gasteiger partial charge in [0.05, 0.1) is 15.5 Å². The van der Waals surface area contributed by atoms with Gasteiger partial charge in [-0.3, -0.25) is 5.41 Å². The Bertz CT molecular complexity index is 1290. The van der Waals surface area contributed by atoms with Crippen LogP contribution in [0.25, 0.3) is 0 Å². The summed E-state index contributed by atoms with van der Waals surface area (Å²) in [5.41, 5.74) is 9.63. The maximum atomic E-state index is 12.9. The highest BCUT2D eigenvalue weighted by atomic mass is 32.2. The molecule has 0 amide bonds. The summed E-state index contributed by atoms with van der Waals surface area (Å²) in [7, 11) is -5.36. The molecular weight excluding hydrogens is 442 g/mol. The summed E-state index contributed by atoms with van der Waals surface area (Å²) in [6, 6.07) is 18.9. The molecule has 1 unspecified atom stereocenters. The number of rotatable bonds is 6. The van der Waals surface area contributed by atoms with E-state index in [4.69, 9.17) is 11.1 Å². The van der Waals surface area contributed by atoms with Crippen molar-refractivity contribution < 1.29 is 12.6 Å². The van der Waals surface area contributed by atoms with Crippen LogP contribution in [0.4, 0.5) is 11.4 Å². The van der Waals surface area contributed by atoms with Crippen LogP contribution in [0.3, 0.4) is 0 Å². The highest BCUT2D eigenvalue weighted by Gasteiger charge is 2.19. The Hall–Kier alpha value is -2.97. The Morgan fingerprint density at radius 2 is 1.62 bits per heavy atom. The smallest absolute Gasteiger partial charge is 0.176 e. The molecular formula is C24H27N3O3S2. The summed E-state index contributed by atoms with van der Waals surface area (Å²) in [5, 5.41) is 8.63. The van der Waals surface area contributed by atoms with E-state index in [1.54, 1.807) is 30.3 Å². The number of nitrogen functional groups attached to an aromatic ring is 1. The fourth-order valence-electron chi connectivity index (χ4n) is 3.20. The molecule has 6 nitrogen and oxygen atoms in total. The Kier molecular flexibility index (Phi) is 6.57. The number of hydrogen-bond acceptors (Lipinski definition) is 5. The quantitative estimate of drug-likeness (QED) is 0.364. The zero-order valence-electron chi connectivity index (χ0n) is 18.5. The van der Waals surface area contributed by atoms with Gasteiger partial charge >= 0.3 is 0 Å². The van der Waals surface area contributed by atoms with Crippen LogP contribution in [0.1, 0.15) is 37.5 Å². The third kappa shape index (κ3) is 5.26. The summed E-state index contributed by atoms with van der Waals surface area (Å²) < 4.78 is 39.8. The summed E-state index contributed by atoms with van der Waals surface area (Å²) in [4.78, 5) is 0.175. The normalized spacial score (nSPS) is 12.9. The molecule has 32 heavy (non-hydrogen) atoms. The van der Waals surface area contributed by atoms with Gasteiger partial charge in [0.25, 0.3) is 0 Å². The second-order valence-electron chi connectivity index (χ2n) is 8.59. The maximum absolute atomic E-state index is 12.9. The molecule has 3 aromatic carbocycles. The number of nitrogens with two attached hydrogens (primary N) is 1. The lowest BCUT2D eigenvalue weighted by molar-refractivity contribution is 0.590. The minimum Gasteiger partial charge on any atom is -0.398 e. The Morgan fingerprint density at radius 3 is 2.22 bits per heavy atom. The van der Waals surface area contributed by atoms with Crippen LogP contribution in [0.5, 0.6) is 0 Å². The van der Waals surface area contributed by atoms with Crippen LogP contribution in [0, 0.1) is 5.41 Å². The van der Waals surface area contributed by atoms with Crippen molar-refractivity contribution in [3.63, 3.8) is 0 Å². The third-order valence-corrected chi connectivity index (χ3v) is 7.48. The Labute approximate surface area is 191 Å². The van der Waals surface area contributed by atoms with Crippen molar-refractivity contribution in [2.75, 3.05) is 16.7 Å². The molecule has 1 atom stereocenters. The van der Waals surface area contributed by atoms with Crippen molar-refractivity contribution in [3.05, 3.63) is 83.4 Å². The standard InChI is InChI=1S/C24H27N3O3S2/c1-24(2,3)17-11-9-16(10-12-17)23(26)19-15-18(13-14-20(19)25)27-31(28)21-7-5-6-8-22(21)32(4,29)30/h5-15,26-27H,25H2,1-4H3. The molecule has 8 heteroatoms. The van der Waals surface area contributed by atoms with E-state index in [1.165, 1.54) is 12.1 Å². The molecule has 0 aromatic heterocycles. The molecule has 0 heterocycles. The first-order valence-corrected chi connectivity index (χ1v) is 13.0. The minimum atomic E-state index is -3.54. The van der Waals surface area contributed by atoms with Crippen molar-refractivity contribution in [2.45, 2.75) is 36.0 Å². The predicted molar refractivity (Wildman–Crippen MR) is 132 cm³/mol. The molecule has 0 bridgehead atoms. The SMILES string of the molecule is CC(C)(C)c1ccc(C(=N)c2cc(NS(=O)c3ccccc3S(C)(=O)=O)ccc2N)cc1. The average Bonchev–Trinajstić information content (AvgIpc) is 2.73. The minimum absolute atomic E-state index is 0.00758. The van der Waals surface area contributed by atoms with E-state index in [0.717, 1.165) is 11.8 Å². The van der Waals surface area contributed by atoms with Gasteiger partial charge in [0.1, 0.15) is 0 Å². The first kappa shape index (κ1) is 23.7. The van der Waals surface area contributed by atoms with E-state index < -0.39 is 20.8 Å². The molecule has 0 saturated carbocycles. The summed E-state index contributed by atoms with van der Waals surface area (Å²) in [5.74, 6) is 0. The molecule has 0 saturated heterocycles. The van der Waals surface area contributed by atoms with Crippen LogP contribution in [0.15, 0.2) is 76.5 Å². The number of anilines is 2. The van der Waals surface area contributed by atoms with Gasteiger partial charge < -0.3 is 10.5 Å². The summed E-state index contributed by atoms with van der Waals surface area (Å²) in [6.07, 6.45) is 1.08. The first-order chi connectivity index (χ1) is 14.9. The summed E-state index contributed by atoms with van der Waals surface area (Å²) in [6.45, 7) is 6.38. The van der Waals surface area contributed by atoms with E-state index in [1.807, 2.05) is 24.3 Å². The zero-order chi connectivity index (χ0) is 23.7. The Morgan fingerprint density at radius 1 is 1.00 bits per heavy atom. The summed E-state index contributed by atoms with van der Waals surface area (Å²) >= 11 is 0. The zero-order valence-corrected chi connectivity index (χ0v) is 20.1. The highest BCUT2D eigenvalue weighted by molar-refractivity contribution is 7.92. The lowest BCUT2D eigenvalue weighted by atomic mass is 9.86. The monoisotopic (exact) mass is 469 g/mol. The molecule has 0 fully saturated rings. The fourth-order valence-corrected chi connectivity index (χ4v) is 5.54. The predicted octanol–water partition coefficient (Wildman–Crippen LogP) is 4.52. The molecule has 3 rings (SSSR count). The van der Waals surface area contributed by atoms with Gasteiger partial charge in [0, 0.05) is 28.8 Å². The van der Waals surface area contributed by atoms with Crippen molar-refractivity contribution in [2.24, 2.45) is 0 Å². The topological polar surface area (TPSA) is 113 Å². The molecule has 0 aliphatic carbocycles. The van der Waals surface area contributed by atoms with E-state index >= 15 is 0 Å². The van der Waals surface area contributed by atoms with E-state index in [2.05, 4.69) is 25.5 Å². The number of nitrogens with one attached hydrogen (secondary N) is 2. The molecule has 0 spiro atoms. The van der Waals surface area contributed by atoms with Gasteiger partial charge in [-0.1, -0.05) is 57.2 Å². The molecule has 4 N–H and O–H groups in total. The van der Waals surface area contributed by atoms with E-state index in [0.29, 0.717) is 22.5 Å². The molecule has 168 valence electrons. The van der Waals surface area contributed by atoms with Gasteiger partial charge in [-0.05, 0) is 41.3 Å². The van der Waals surface area contributed by atoms with Crippen LogP contribution in [0.2, 0.25) is 0 Å². The highest BCUT2D eigenvalue weighted by Crippen LogP contribution is 2.26. The van der Waals surface area contributed by atoms with E-state index in [-0.39, 0.29) is 20.9 Å². The lowest BCUT2D eigenvalue weighted by Crippen LogP contribution is -2.13. The van der Waals surface area contributed by atoms with Gasteiger partial charge in [-0.25, -0.2) is 12.6 Å². The van der Waals surface area contributed by atoms with Crippen LogP contribution in [-0.4, -0.2) is 24.6 Å². The fraction of sp³-hybridized carbons (Fsp3) is 0.208. The number of benzene rings is 3. The average molecular weight is 470 g/mol. The molecule has 0 aliphatic rings. The van der Waals surface area contributed by atoms with Gasteiger partial charge in [0.2, 0.25) is 0 Å². The second-order valence-corrected chi connectivity index (χ2v) is 11.8. The van der Waals surface area contributed by atoms with E-state index in [9.17, 15) is 12.6 Å². The van der Waals surface area contributed by atoms with Gasteiger partial charge in [-0.15, -0.1) is 0 Å². The molecule has 0 radical (unpaired) electrons. The van der Waals surface area contributed by atoms with Gasteiger partial charge in [-0.2, -0.15) is 0 Å². The van der Waals surface area contributed by atoms with Crippen molar-refractivity contribution in [3.8, 4) is 0 Å². The number of hydrogen-bond donors (Lipinski definition) is 3. The Balaban J connectivity index is 1.90. The van der Waals surface area contributed by atoms with Crippen LogP contribution >= 0.6 is 0 Å². The first-order valence-electron chi connectivity index (χ1n) is 9.95. The van der Waals surface area contributed by atoms with Crippen LogP contribution in [-0.2, 0) is 26.2 Å². The van der Waals surface area contributed by atoms with Crippen LogP contribution < -0.4 is 10.5 Å². The molecule has 0 aliphatic heterocycles. The van der Waals surface area contributed by atoms with Crippen molar-refractivity contribution in [1.29, 1.82) is 5.41 Å². The lowest BCUT2D eigenvalue weighted by Gasteiger charge is -2.19. The largest absolute Gasteiger partial charge is 0.398 e. The second kappa shape index (κ2) is 8.88. The molecule has 3 aromatic rings. The maximum Gasteiger partial charge on any atom is 0.176 e. The van der Waals surface area contributed by atoms with Crippen molar-refractivity contribution in [1.82, 2.24) is 0 Å². The van der Waals surface area contributed by atoms with Crippen molar-refractivity contribution >= 4 is 37.9 Å².